The van der Waals surface area contributed by atoms with Crippen LogP contribution in [-0.4, -0.2) is 95.4 Å². The summed E-state index contributed by atoms with van der Waals surface area (Å²) in [5.41, 5.74) is 0. The lowest BCUT2D eigenvalue weighted by atomic mass is 9.99. The summed E-state index contributed by atoms with van der Waals surface area (Å²) in [6.07, 6.45) is 49.0. The predicted molar refractivity (Wildman–Crippen MR) is 282 cm³/mol. The van der Waals surface area contributed by atoms with Crippen LogP contribution in [0.5, 0.6) is 0 Å². The van der Waals surface area contributed by atoms with Gasteiger partial charge < -0.3 is 35.2 Å². The third-order valence-corrected chi connectivity index (χ3v) is 13.9. The van der Waals surface area contributed by atoms with Crippen molar-refractivity contribution in [2.75, 3.05) is 13.2 Å². The molecule has 1 aliphatic heterocycles. The fourth-order valence-electron chi connectivity index (χ4n) is 9.02. The van der Waals surface area contributed by atoms with Crippen LogP contribution in [0.15, 0.2) is 36.5 Å². The van der Waals surface area contributed by atoms with Crippen LogP contribution in [0.1, 0.15) is 258 Å². The summed E-state index contributed by atoms with van der Waals surface area (Å²) in [5.74, 6) is -0.269. The highest BCUT2D eigenvalue weighted by molar-refractivity contribution is 7.80. The highest BCUT2D eigenvalue weighted by Gasteiger charge is 2.48. The molecule has 7 atom stereocenters. The number of allylic oxidation sites excluding steroid dienone is 5. The standard InChI is InChI=1S/C56H105NO11S/c1-3-5-7-9-11-13-15-17-19-21-22-23-24-25-26-27-28-30-31-33-35-37-39-41-43-45-50(59)49(48-66-56-54(62)55(68-69(63,64)65)53(61)51(47-58)67-56)57-52(60)46-44-42-40-38-36-34-32-29-20-18-16-14-12-10-8-6-4-2/h12,14,18,20,43,45,49-51,53-56,58-59,61-62H,3-11,13,15-17,19,21-42,44,46-48H2,1-2H3,(H,57,60)(H,63,64,65)/b14-12-,20-18-,45-43+. The van der Waals surface area contributed by atoms with Crippen molar-refractivity contribution < 1.29 is 51.8 Å². The number of rotatable bonds is 49. The van der Waals surface area contributed by atoms with Gasteiger partial charge in [0, 0.05) is 6.42 Å². The maximum absolute atomic E-state index is 13.1. The summed E-state index contributed by atoms with van der Waals surface area (Å²) < 4.78 is 47.8. The Morgan fingerprint density at radius 2 is 0.971 bits per heavy atom. The van der Waals surface area contributed by atoms with Gasteiger partial charge in [0.15, 0.2) is 6.29 Å². The molecule has 0 aromatic heterocycles. The first-order chi connectivity index (χ1) is 33.5. The lowest BCUT2D eigenvalue weighted by molar-refractivity contribution is -0.298. The zero-order valence-corrected chi connectivity index (χ0v) is 44.7. The van der Waals surface area contributed by atoms with Gasteiger partial charge in [-0.2, -0.15) is 8.42 Å². The van der Waals surface area contributed by atoms with Crippen molar-refractivity contribution in [2.45, 2.75) is 301 Å². The summed E-state index contributed by atoms with van der Waals surface area (Å²) in [7, 11) is -5.09. The zero-order valence-electron chi connectivity index (χ0n) is 43.9. The summed E-state index contributed by atoms with van der Waals surface area (Å²) in [5, 5.41) is 44.9. The largest absolute Gasteiger partial charge is 0.397 e. The third kappa shape index (κ3) is 38.6. The zero-order chi connectivity index (χ0) is 50.5. The second-order valence-corrected chi connectivity index (χ2v) is 20.9. The van der Waals surface area contributed by atoms with Gasteiger partial charge in [-0.3, -0.25) is 9.35 Å². The number of nitrogens with one attached hydrogen (secondary N) is 1. The van der Waals surface area contributed by atoms with Crippen LogP contribution in [0.25, 0.3) is 0 Å². The van der Waals surface area contributed by atoms with E-state index in [-0.39, 0.29) is 18.9 Å². The number of aliphatic hydroxyl groups is 4. The van der Waals surface area contributed by atoms with Crippen molar-refractivity contribution in [1.82, 2.24) is 5.32 Å². The first-order valence-electron chi connectivity index (χ1n) is 28.4. The summed E-state index contributed by atoms with van der Waals surface area (Å²) in [6.45, 7) is 3.39. The third-order valence-electron chi connectivity index (χ3n) is 13.4. The fraction of sp³-hybridized carbons (Fsp3) is 0.875. The first kappa shape index (κ1) is 65.3. The van der Waals surface area contributed by atoms with Gasteiger partial charge in [-0.05, 0) is 51.4 Å². The van der Waals surface area contributed by atoms with Gasteiger partial charge in [0.1, 0.15) is 24.4 Å². The molecule has 406 valence electrons. The van der Waals surface area contributed by atoms with E-state index in [0.717, 1.165) is 57.8 Å². The Labute approximate surface area is 422 Å². The van der Waals surface area contributed by atoms with E-state index >= 15 is 0 Å². The molecule has 13 heteroatoms. The quantitative estimate of drug-likeness (QED) is 0.0193. The predicted octanol–water partition coefficient (Wildman–Crippen LogP) is 13.0. The topological polar surface area (TPSA) is 192 Å². The molecular formula is C56H105NO11S. The smallest absolute Gasteiger partial charge is 0.394 e. The van der Waals surface area contributed by atoms with E-state index in [1.54, 1.807) is 6.08 Å². The summed E-state index contributed by atoms with van der Waals surface area (Å²) in [6, 6.07) is -0.949. The van der Waals surface area contributed by atoms with Crippen molar-refractivity contribution in [3.63, 3.8) is 0 Å². The van der Waals surface area contributed by atoms with Crippen LogP contribution in [-0.2, 0) is 28.9 Å². The Morgan fingerprint density at radius 1 is 0.580 bits per heavy atom. The van der Waals surface area contributed by atoms with Crippen molar-refractivity contribution in [3.05, 3.63) is 36.5 Å². The van der Waals surface area contributed by atoms with Crippen LogP contribution in [0.2, 0.25) is 0 Å². The molecule has 1 heterocycles. The molecule has 1 saturated heterocycles. The molecule has 12 nitrogen and oxygen atoms in total. The molecule has 1 amide bonds. The molecule has 7 unspecified atom stereocenters. The van der Waals surface area contributed by atoms with Crippen LogP contribution in [0, 0.1) is 0 Å². The molecule has 0 aromatic carbocycles. The SMILES string of the molecule is CCCCC/C=C\C/C=C\CCCCCCCCCC(=O)NC(COC1OC(CO)C(O)C(OS(=O)(=O)O)C1O)C(O)/C=C/CCCCCCCCCCCCCCCCCCCCCCCCC. The van der Waals surface area contributed by atoms with Crippen LogP contribution >= 0.6 is 0 Å². The molecule has 1 fully saturated rings. The number of carbonyl (C=O) groups excluding carboxylic acids is 1. The molecule has 0 aromatic rings. The van der Waals surface area contributed by atoms with E-state index in [9.17, 15) is 38.2 Å². The number of unbranched alkanes of at least 4 members (excludes halogenated alkanes) is 33. The Kier molecular flexibility index (Phi) is 43.7. The van der Waals surface area contributed by atoms with Gasteiger partial charge in [0.25, 0.3) is 0 Å². The number of hydrogen-bond donors (Lipinski definition) is 6. The highest BCUT2D eigenvalue weighted by Crippen LogP contribution is 2.26. The molecule has 0 saturated carbocycles. The summed E-state index contributed by atoms with van der Waals surface area (Å²) >= 11 is 0. The number of carbonyl (C=O) groups is 1. The number of aliphatic hydroxyl groups excluding tert-OH is 4. The number of hydrogen-bond acceptors (Lipinski definition) is 10. The fourth-order valence-corrected chi connectivity index (χ4v) is 9.52. The summed E-state index contributed by atoms with van der Waals surface area (Å²) in [4.78, 5) is 13.1. The highest BCUT2D eigenvalue weighted by atomic mass is 32.3. The molecule has 6 N–H and O–H groups in total. The van der Waals surface area contributed by atoms with Gasteiger partial charge in [0.05, 0.1) is 25.4 Å². The second kappa shape index (κ2) is 46.1. The number of ether oxygens (including phenoxy) is 2. The van der Waals surface area contributed by atoms with E-state index in [0.29, 0.717) is 6.42 Å². The van der Waals surface area contributed by atoms with Gasteiger partial charge in [0.2, 0.25) is 5.91 Å². The Bertz CT molecular complexity index is 1360. The first-order valence-corrected chi connectivity index (χ1v) is 29.7. The minimum Gasteiger partial charge on any atom is -0.394 e. The van der Waals surface area contributed by atoms with E-state index in [1.807, 2.05) is 6.08 Å². The average molecular weight is 1000 g/mol. The average Bonchev–Trinajstić information content (AvgIpc) is 3.32. The van der Waals surface area contributed by atoms with Crippen LogP contribution in [0.4, 0.5) is 0 Å². The van der Waals surface area contributed by atoms with Gasteiger partial charge in [-0.1, -0.05) is 237 Å². The molecule has 0 bridgehead atoms. The Hall–Kier alpha value is -1.68. The molecule has 69 heavy (non-hydrogen) atoms. The normalized spacial score (nSPS) is 19.9. The molecule has 0 aliphatic carbocycles. The maximum atomic E-state index is 13.1. The second-order valence-electron chi connectivity index (χ2n) is 19.9. The lowest BCUT2D eigenvalue weighted by Gasteiger charge is -2.41. The van der Waals surface area contributed by atoms with Crippen LogP contribution in [0.3, 0.4) is 0 Å². The molecule has 1 aliphatic rings. The van der Waals surface area contributed by atoms with E-state index in [4.69, 9.17) is 9.47 Å². The minimum atomic E-state index is -5.09. The molecule has 0 spiro atoms. The Morgan fingerprint density at radius 3 is 1.41 bits per heavy atom. The van der Waals surface area contributed by atoms with Gasteiger partial charge in [-0.15, -0.1) is 0 Å². The van der Waals surface area contributed by atoms with Crippen LogP contribution < -0.4 is 5.32 Å². The van der Waals surface area contributed by atoms with Gasteiger partial charge in [-0.25, -0.2) is 4.18 Å². The lowest BCUT2D eigenvalue weighted by Crippen LogP contribution is -2.61. The minimum absolute atomic E-state index is 0.260. The van der Waals surface area contributed by atoms with Crippen molar-refractivity contribution in [1.29, 1.82) is 0 Å². The van der Waals surface area contributed by atoms with Crippen molar-refractivity contribution in [3.8, 4) is 0 Å². The Balaban J connectivity index is 2.38. The molecular weight excluding hydrogens is 895 g/mol. The molecule has 1 rings (SSSR count). The van der Waals surface area contributed by atoms with Crippen molar-refractivity contribution in [2.24, 2.45) is 0 Å². The van der Waals surface area contributed by atoms with E-state index in [1.165, 1.54) is 173 Å². The van der Waals surface area contributed by atoms with E-state index < -0.39 is 59.9 Å². The van der Waals surface area contributed by atoms with Gasteiger partial charge >= 0.3 is 10.4 Å². The van der Waals surface area contributed by atoms with Crippen molar-refractivity contribution >= 4 is 16.3 Å². The van der Waals surface area contributed by atoms with E-state index in [2.05, 4.69) is 47.7 Å². The number of amides is 1. The maximum Gasteiger partial charge on any atom is 0.397 e. The monoisotopic (exact) mass is 1000 g/mol. The molecule has 0 radical (unpaired) electrons.